The van der Waals surface area contributed by atoms with E-state index in [0.29, 0.717) is 6.04 Å². The van der Waals surface area contributed by atoms with Gasteiger partial charge in [-0.05, 0) is 61.9 Å². The van der Waals surface area contributed by atoms with E-state index in [0.717, 1.165) is 25.3 Å². The van der Waals surface area contributed by atoms with Crippen LogP contribution in [0.1, 0.15) is 44.2 Å². The maximum absolute atomic E-state index is 5.81. The zero-order valence-corrected chi connectivity index (χ0v) is 11.7. The van der Waals surface area contributed by atoms with E-state index in [-0.39, 0.29) is 0 Å². The third kappa shape index (κ3) is 4.02. The Hall–Kier alpha value is -1.02. The Morgan fingerprint density at radius 3 is 2.83 bits per heavy atom. The molecule has 0 saturated heterocycles. The lowest BCUT2D eigenvalue weighted by Crippen LogP contribution is -2.23. The van der Waals surface area contributed by atoms with E-state index in [4.69, 9.17) is 4.74 Å². The summed E-state index contributed by atoms with van der Waals surface area (Å²) >= 11 is 0. The summed E-state index contributed by atoms with van der Waals surface area (Å²) in [5, 5.41) is 3.42. The molecule has 2 heteroatoms. The second kappa shape index (κ2) is 6.79. The van der Waals surface area contributed by atoms with Crippen molar-refractivity contribution in [2.45, 2.75) is 52.0 Å². The van der Waals surface area contributed by atoms with Gasteiger partial charge in [-0.25, -0.2) is 0 Å². The number of ether oxygens (including phenoxy) is 1. The first-order valence-electron chi connectivity index (χ1n) is 7.23. The Kier molecular flexibility index (Phi) is 5.06. The largest absolute Gasteiger partial charge is 0.494 e. The number of hydrogen-bond acceptors (Lipinski definition) is 2. The Labute approximate surface area is 111 Å². The molecule has 0 amide bonds. The Balaban J connectivity index is 1.65. The molecular weight excluding hydrogens is 222 g/mol. The van der Waals surface area contributed by atoms with Gasteiger partial charge in [0.2, 0.25) is 0 Å². The fourth-order valence-corrected chi connectivity index (χ4v) is 2.45. The smallest absolute Gasteiger partial charge is 0.119 e. The summed E-state index contributed by atoms with van der Waals surface area (Å²) in [5.74, 6) is 1.05. The summed E-state index contributed by atoms with van der Waals surface area (Å²) in [4.78, 5) is 0. The van der Waals surface area contributed by atoms with Gasteiger partial charge in [0.25, 0.3) is 0 Å². The predicted molar refractivity (Wildman–Crippen MR) is 76.3 cm³/mol. The summed E-state index contributed by atoms with van der Waals surface area (Å²) in [7, 11) is 0. The minimum absolute atomic E-state index is 0.586. The molecule has 0 bridgehead atoms. The van der Waals surface area contributed by atoms with Crippen LogP contribution in [0.3, 0.4) is 0 Å². The van der Waals surface area contributed by atoms with Crippen molar-refractivity contribution >= 4 is 0 Å². The number of benzene rings is 1. The van der Waals surface area contributed by atoms with E-state index in [9.17, 15) is 0 Å². The number of hydrogen-bond donors (Lipinski definition) is 1. The number of rotatable bonds is 7. The summed E-state index contributed by atoms with van der Waals surface area (Å²) in [5.41, 5.74) is 3.01. The average Bonchev–Trinajstić information content (AvgIpc) is 2.80. The molecule has 1 aromatic carbocycles. The van der Waals surface area contributed by atoms with Gasteiger partial charge in [-0.2, -0.15) is 0 Å². The molecule has 2 nitrogen and oxygen atoms in total. The molecular formula is C16H25NO. The highest BCUT2D eigenvalue weighted by atomic mass is 16.5. The molecule has 0 saturated carbocycles. The Bertz CT molecular complexity index is 373. The molecule has 1 aliphatic rings. The lowest BCUT2D eigenvalue weighted by Gasteiger charge is -2.09. The quantitative estimate of drug-likeness (QED) is 0.746. The van der Waals surface area contributed by atoms with Gasteiger partial charge in [-0.1, -0.05) is 19.9 Å². The van der Waals surface area contributed by atoms with E-state index >= 15 is 0 Å². The zero-order valence-electron chi connectivity index (χ0n) is 11.7. The van der Waals surface area contributed by atoms with Crippen molar-refractivity contribution < 1.29 is 4.74 Å². The molecule has 1 aromatic rings. The van der Waals surface area contributed by atoms with Crippen molar-refractivity contribution in [3.8, 4) is 5.75 Å². The van der Waals surface area contributed by atoms with Crippen molar-refractivity contribution in [2.24, 2.45) is 0 Å². The molecule has 1 N–H and O–H groups in total. The van der Waals surface area contributed by atoms with Crippen molar-refractivity contribution in [3.63, 3.8) is 0 Å². The first-order chi connectivity index (χ1) is 8.75. The second-order valence-electron chi connectivity index (χ2n) is 5.45. The molecule has 0 spiro atoms. The topological polar surface area (TPSA) is 21.3 Å². The van der Waals surface area contributed by atoms with Gasteiger partial charge in [-0.15, -0.1) is 0 Å². The standard InChI is InChI=1S/C16H25NO/c1-13(2)17-10-3-4-11-18-16-9-8-14-6-5-7-15(14)12-16/h8-9,12-13,17H,3-7,10-11H2,1-2H3. The second-order valence-corrected chi connectivity index (χ2v) is 5.45. The number of unbranched alkanes of at least 4 members (excludes halogenated alkanes) is 1. The first kappa shape index (κ1) is 13.4. The molecule has 0 heterocycles. The first-order valence-corrected chi connectivity index (χ1v) is 7.23. The molecule has 2 rings (SSSR count). The van der Waals surface area contributed by atoms with E-state index in [1.54, 1.807) is 0 Å². The molecule has 0 aliphatic heterocycles. The van der Waals surface area contributed by atoms with Crippen LogP contribution in [0.15, 0.2) is 18.2 Å². The average molecular weight is 247 g/mol. The van der Waals surface area contributed by atoms with E-state index in [2.05, 4.69) is 37.4 Å². The summed E-state index contributed by atoms with van der Waals surface area (Å²) in [6.45, 7) is 6.28. The zero-order chi connectivity index (χ0) is 12.8. The summed E-state index contributed by atoms with van der Waals surface area (Å²) < 4.78 is 5.81. The lowest BCUT2D eigenvalue weighted by molar-refractivity contribution is 0.305. The lowest BCUT2D eigenvalue weighted by atomic mass is 10.1. The van der Waals surface area contributed by atoms with Gasteiger partial charge in [-0.3, -0.25) is 0 Å². The molecule has 0 radical (unpaired) electrons. The normalized spacial score (nSPS) is 13.9. The van der Waals surface area contributed by atoms with E-state index in [1.807, 2.05) is 0 Å². The van der Waals surface area contributed by atoms with Crippen LogP contribution < -0.4 is 10.1 Å². The number of nitrogens with one attached hydrogen (secondary N) is 1. The molecule has 1 aliphatic carbocycles. The van der Waals surface area contributed by atoms with Crippen molar-refractivity contribution in [1.29, 1.82) is 0 Å². The highest BCUT2D eigenvalue weighted by molar-refractivity contribution is 5.38. The maximum Gasteiger partial charge on any atom is 0.119 e. The van der Waals surface area contributed by atoms with Gasteiger partial charge in [0, 0.05) is 6.04 Å². The van der Waals surface area contributed by atoms with E-state index in [1.165, 1.54) is 36.8 Å². The third-order valence-corrected chi connectivity index (χ3v) is 3.46. The van der Waals surface area contributed by atoms with Crippen LogP contribution in [0, 0.1) is 0 Å². The van der Waals surface area contributed by atoms with Crippen LogP contribution in [-0.4, -0.2) is 19.2 Å². The minimum Gasteiger partial charge on any atom is -0.494 e. The van der Waals surface area contributed by atoms with Crippen LogP contribution in [0.25, 0.3) is 0 Å². The summed E-state index contributed by atoms with van der Waals surface area (Å²) in [6, 6.07) is 7.17. The van der Waals surface area contributed by atoms with Crippen LogP contribution in [0.4, 0.5) is 0 Å². The minimum atomic E-state index is 0.586. The molecule has 0 fully saturated rings. The van der Waals surface area contributed by atoms with Gasteiger partial charge >= 0.3 is 0 Å². The van der Waals surface area contributed by atoms with Crippen molar-refractivity contribution in [1.82, 2.24) is 5.32 Å². The molecule has 0 aromatic heterocycles. The molecule has 18 heavy (non-hydrogen) atoms. The van der Waals surface area contributed by atoms with Gasteiger partial charge in [0.05, 0.1) is 6.61 Å². The van der Waals surface area contributed by atoms with Crippen LogP contribution >= 0.6 is 0 Å². The number of fused-ring (bicyclic) bond motifs is 1. The van der Waals surface area contributed by atoms with Crippen LogP contribution in [-0.2, 0) is 12.8 Å². The Morgan fingerprint density at radius 2 is 2.00 bits per heavy atom. The maximum atomic E-state index is 5.81. The molecule has 0 unspecified atom stereocenters. The molecule has 0 atom stereocenters. The molecule has 100 valence electrons. The van der Waals surface area contributed by atoms with Crippen LogP contribution in [0.2, 0.25) is 0 Å². The highest BCUT2D eigenvalue weighted by Gasteiger charge is 2.10. The fraction of sp³-hybridized carbons (Fsp3) is 0.625. The predicted octanol–water partition coefficient (Wildman–Crippen LogP) is 3.33. The SMILES string of the molecule is CC(C)NCCCCOc1ccc2c(c1)CCC2. The fourth-order valence-electron chi connectivity index (χ4n) is 2.45. The third-order valence-electron chi connectivity index (χ3n) is 3.46. The number of aryl methyl sites for hydroxylation is 2. The highest BCUT2D eigenvalue weighted by Crippen LogP contribution is 2.26. The van der Waals surface area contributed by atoms with Gasteiger partial charge < -0.3 is 10.1 Å². The van der Waals surface area contributed by atoms with Crippen molar-refractivity contribution in [3.05, 3.63) is 29.3 Å². The van der Waals surface area contributed by atoms with Gasteiger partial charge in [0.1, 0.15) is 5.75 Å². The Morgan fingerprint density at radius 1 is 1.17 bits per heavy atom. The van der Waals surface area contributed by atoms with Crippen LogP contribution in [0.5, 0.6) is 5.75 Å². The van der Waals surface area contributed by atoms with E-state index < -0.39 is 0 Å². The van der Waals surface area contributed by atoms with Crippen molar-refractivity contribution in [2.75, 3.05) is 13.2 Å². The summed E-state index contributed by atoms with van der Waals surface area (Å²) in [6.07, 6.45) is 6.08. The van der Waals surface area contributed by atoms with Gasteiger partial charge in [0.15, 0.2) is 0 Å². The monoisotopic (exact) mass is 247 g/mol.